The number of aryl methyl sites for hydroxylation is 4. The van der Waals surface area contributed by atoms with Gasteiger partial charge in [0.25, 0.3) is 0 Å². The molecule has 2 nitrogen and oxygen atoms in total. The Morgan fingerprint density at radius 1 is 0.529 bits per heavy atom. The summed E-state index contributed by atoms with van der Waals surface area (Å²) in [5.41, 5.74) is 7.28. The summed E-state index contributed by atoms with van der Waals surface area (Å²) in [6, 6.07) is 31.9. The predicted molar refractivity (Wildman–Crippen MR) is 140 cm³/mol. The van der Waals surface area contributed by atoms with Gasteiger partial charge in [-0.3, -0.25) is 0 Å². The topological polar surface area (TPSA) is 34.1 Å². The molecule has 0 radical (unpaired) electrons. The van der Waals surface area contributed by atoms with Gasteiger partial charge in [-0.15, -0.1) is 0 Å². The van der Waals surface area contributed by atoms with Gasteiger partial charge >= 0.3 is 0 Å². The van der Waals surface area contributed by atoms with Crippen LogP contribution >= 0.6 is 0 Å². The highest BCUT2D eigenvalue weighted by atomic mass is 32.2. The minimum atomic E-state index is -3.48. The van der Waals surface area contributed by atoms with E-state index in [1.54, 1.807) is 24.3 Å². The summed E-state index contributed by atoms with van der Waals surface area (Å²) >= 11 is 0. The average molecular weight is 469 g/mol. The van der Waals surface area contributed by atoms with Crippen LogP contribution < -0.4 is 0 Å². The van der Waals surface area contributed by atoms with Crippen LogP contribution in [0.4, 0.5) is 0 Å². The van der Waals surface area contributed by atoms with E-state index in [1.807, 2.05) is 31.2 Å². The Bertz CT molecular complexity index is 1350. The van der Waals surface area contributed by atoms with Crippen LogP contribution in [-0.2, 0) is 28.1 Å². The van der Waals surface area contributed by atoms with Crippen molar-refractivity contribution in [3.05, 3.63) is 130 Å². The van der Waals surface area contributed by atoms with Crippen molar-refractivity contribution >= 4 is 9.84 Å². The molecule has 4 aromatic rings. The van der Waals surface area contributed by atoms with E-state index in [2.05, 4.69) is 69.3 Å². The molecule has 0 saturated heterocycles. The molecule has 0 aromatic heterocycles. The highest BCUT2D eigenvalue weighted by Crippen LogP contribution is 2.32. The molecule has 0 saturated carbocycles. The molecule has 0 heterocycles. The zero-order chi connectivity index (χ0) is 24.3. The van der Waals surface area contributed by atoms with E-state index in [4.69, 9.17) is 0 Å². The van der Waals surface area contributed by atoms with Gasteiger partial charge in [0.05, 0.1) is 9.79 Å². The molecule has 0 aliphatic rings. The average Bonchev–Trinajstić information content (AvgIpc) is 2.84. The Labute approximate surface area is 204 Å². The van der Waals surface area contributed by atoms with Gasteiger partial charge in [-0.2, -0.15) is 0 Å². The first-order valence-corrected chi connectivity index (χ1v) is 13.2. The van der Waals surface area contributed by atoms with Gasteiger partial charge in [0.15, 0.2) is 0 Å². The van der Waals surface area contributed by atoms with Crippen molar-refractivity contribution in [3.8, 4) is 0 Å². The second kappa shape index (κ2) is 9.60. The van der Waals surface area contributed by atoms with Crippen LogP contribution in [0.25, 0.3) is 0 Å². The molecule has 0 amide bonds. The Balaban J connectivity index is 1.42. The SMILES string of the molecule is Cc1ccc(C(C)(C)c2ccc(CCc3ccc(S(=O)(=O)c4ccc(C)cc4)cc3)cc2)cc1. The van der Waals surface area contributed by atoms with E-state index in [9.17, 15) is 8.42 Å². The quantitative estimate of drug-likeness (QED) is 0.286. The first-order valence-electron chi connectivity index (χ1n) is 11.7. The second-order valence-electron chi connectivity index (χ2n) is 9.65. The third-order valence-electron chi connectivity index (χ3n) is 6.72. The van der Waals surface area contributed by atoms with Gasteiger partial charge in [-0.25, -0.2) is 8.42 Å². The van der Waals surface area contributed by atoms with Gasteiger partial charge in [-0.1, -0.05) is 97.8 Å². The molecule has 0 bridgehead atoms. The summed E-state index contributed by atoms with van der Waals surface area (Å²) in [5.74, 6) is 0. The lowest BCUT2D eigenvalue weighted by Gasteiger charge is -2.26. The Kier molecular flexibility index (Phi) is 6.77. The van der Waals surface area contributed by atoms with Crippen molar-refractivity contribution < 1.29 is 8.42 Å². The van der Waals surface area contributed by atoms with Gasteiger partial charge in [0.2, 0.25) is 9.84 Å². The number of sulfone groups is 1. The monoisotopic (exact) mass is 468 g/mol. The van der Waals surface area contributed by atoms with E-state index < -0.39 is 9.84 Å². The van der Waals surface area contributed by atoms with Crippen molar-refractivity contribution in [1.29, 1.82) is 0 Å². The maximum absolute atomic E-state index is 12.9. The normalized spacial score (nSPS) is 12.0. The first-order chi connectivity index (χ1) is 16.2. The molecule has 0 fully saturated rings. The van der Waals surface area contributed by atoms with E-state index in [-0.39, 0.29) is 5.41 Å². The smallest absolute Gasteiger partial charge is 0.206 e. The van der Waals surface area contributed by atoms with E-state index >= 15 is 0 Å². The second-order valence-corrected chi connectivity index (χ2v) is 11.6. The first kappa shape index (κ1) is 24.0. The van der Waals surface area contributed by atoms with Crippen molar-refractivity contribution in [1.82, 2.24) is 0 Å². The molecule has 4 aromatic carbocycles. The Hall–Kier alpha value is -3.17. The van der Waals surface area contributed by atoms with Gasteiger partial charge in [0.1, 0.15) is 0 Å². The minimum Gasteiger partial charge on any atom is -0.219 e. The molecule has 0 unspecified atom stereocenters. The zero-order valence-corrected chi connectivity index (χ0v) is 21.2. The van der Waals surface area contributed by atoms with Crippen LogP contribution in [0.15, 0.2) is 107 Å². The molecule has 0 aliphatic heterocycles. The fourth-order valence-electron chi connectivity index (χ4n) is 4.20. The molecule has 0 atom stereocenters. The van der Waals surface area contributed by atoms with Crippen molar-refractivity contribution in [3.63, 3.8) is 0 Å². The fraction of sp³-hybridized carbons (Fsp3) is 0.226. The van der Waals surface area contributed by atoms with E-state index in [1.165, 1.54) is 22.3 Å². The van der Waals surface area contributed by atoms with Gasteiger partial charge < -0.3 is 0 Å². The molecule has 0 N–H and O–H groups in total. The molecule has 174 valence electrons. The summed E-state index contributed by atoms with van der Waals surface area (Å²) in [5, 5.41) is 0. The molecule has 0 aliphatic carbocycles. The van der Waals surface area contributed by atoms with Crippen LogP contribution in [-0.4, -0.2) is 8.42 Å². The number of hydrogen-bond acceptors (Lipinski definition) is 2. The lowest BCUT2D eigenvalue weighted by Crippen LogP contribution is -2.18. The van der Waals surface area contributed by atoms with Crippen molar-refractivity contribution in [2.45, 2.75) is 55.7 Å². The zero-order valence-electron chi connectivity index (χ0n) is 20.4. The Morgan fingerprint density at radius 3 is 1.29 bits per heavy atom. The van der Waals surface area contributed by atoms with Crippen molar-refractivity contribution in [2.24, 2.45) is 0 Å². The predicted octanol–water partition coefficient (Wildman–Crippen LogP) is 7.25. The molecule has 4 rings (SSSR count). The number of rotatable bonds is 7. The third-order valence-corrected chi connectivity index (χ3v) is 8.50. The van der Waals surface area contributed by atoms with Crippen LogP contribution in [0.2, 0.25) is 0 Å². The van der Waals surface area contributed by atoms with Crippen LogP contribution in [0.3, 0.4) is 0 Å². The summed E-state index contributed by atoms with van der Waals surface area (Å²) in [4.78, 5) is 0.669. The summed E-state index contributed by atoms with van der Waals surface area (Å²) in [7, 11) is -3.48. The maximum Gasteiger partial charge on any atom is 0.206 e. The van der Waals surface area contributed by atoms with Crippen molar-refractivity contribution in [2.75, 3.05) is 0 Å². The highest BCUT2D eigenvalue weighted by Gasteiger charge is 2.22. The maximum atomic E-state index is 12.9. The standard InChI is InChI=1S/C31H32O2S/c1-23-5-15-27(16-6-23)31(3,4)28-17-11-25(12-18-28)9-10-26-13-21-30(22-14-26)34(32,33)29-19-7-24(2)8-20-29/h5-8,11-22H,9-10H2,1-4H3. The van der Waals surface area contributed by atoms with E-state index in [0.29, 0.717) is 9.79 Å². The molecular formula is C31H32O2S. The molecular weight excluding hydrogens is 436 g/mol. The summed E-state index contributed by atoms with van der Waals surface area (Å²) in [6.07, 6.45) is 1.78. The van der Waals surface area contributed by atoms with Gasteiger partial charge in [-0.05, 0) is 73.2 Å². The summed E-state index contributed by atoms with van der Waals surface area (Å²) < 4.78 is 25.7. The molecule has 0 spiro atoms. The largest absolute Gasteiger partial charge is 0.219 e. The fourth-order valence-corrected chi connectivity index (χ4v) is 5.46. The lowest BCUT2D eigenvalue weighted by molar-refractivity contribution is 0.596. The van der Waals surface area contributed by atoms with Gasteiger partial charge in [0, 0.05) is 5.41 Å². The Morgan fingerprint density at radius 2 is 0.853 bits per heavy atom. The van der Waals surface area contributed by atoms with Crippen LogP contribution in [0.5, 0.6) is 0 Å². The number of hydrogen-bond donors (Lipinski definition) is 0. The van der Waals surface area contributed by atoms with Crippen LogP contribution in [0.1, 0.15) is 47.2 Å². The minimum absolute atomic E-state index is 0.0506. The molecule has 34 heavy (non-hydrogen) atoms. The molecule has 3 heteroatoms. The lowest BCUT2D eigenvalue weighted by atomic mass is 9.77. The van der Waals surface area contributed by atoms with E-state index in [0.717, 1.165) is 24.0 Å². The highest BCUT2D eigenvalue weighted by molar-refractivity contribution is 7.91. The summed E-state index contributed by atoms with van der Waals surface area (Å²) in [6.45, 7) is 8.59. The van der Waals surface area contributed by atoms with Crippen LogP contribution in [0, 0.1) is 13.8 Å². The third kappa shape index (κ3) is 5.15. The number of benzene rings is 4.